The summed E-state index contributed by atoms with van der Waals surface area (Å²) in [5.74, 6) is -0.374. The molecule has 35 heavy (non-hydrogen) atoms. The van der Waals surface area contributed by atoms with Crippen molar-refractivity contribution in [3.63, 3.8) is 0 Å². The van der Waals surface area contributed by atoms with Crippen molar-refractivity contribution in [3.8, 4) is 11.3 Å². The van der Waals surface area contributed by atoms with Crippen molar-refractivity contribution in [1.82, 2.24) is 20.7 Å². The molecule has 8 heteroatoms. The van der Waals surface area contributed by atoms with Crippen LogP contribution in [0.1, 0.15) is 24.0 Å². The van der Waals surface area contributed by atoms with E-state index in [0.717, 1.165) is 22.4 Å². The average Bonchev–Trinajstić information content (AvgIpc) is 3.33. The number of carbonyl (C=O) groups excluding carboxylic acids is 2. The number of hydrogen-bond acceptors (Lipinski definition) is 6. The number of aromatic nitrogens is 1. The zero-order valence-corrected chi connectivity index (χ0v) is 19.5. The van der Waals surface area contributed by atoms with Crippen molar-refractivity contribution in [2.24, 2.45) is 5.73 Å². The molecule has 1 aliphatic rings. The van der Waals surface area contributed by atoms with Crippen molar-refractivity contribution < 1.29 is 14.7 Å². The third-order valence-corrected chi connectivity index (χ3v) is 6.11. The minimum atomic E-state index is -0.866. The molecule has 0 unspecified atom stereocenters. The predicted octanol–water partition coefficient (Wildman–Crippen LogP) is 1.79. The van der Waals surface area contributed by atoms with Crippen LogP contribution in [0.5, 0.6) is 0 Å². The highest BCUT2D eigenvalue weighted by Gasteiger charge is 2.31. The molecule has 182 valence electrons. The van der Waals surface area contributed by atoms with Gasteiger partial charge in [0.05, 0.1) is 18.3 Å². The van der Waals surface area contributed by atoms with E-state index in [0.29, 0.717) is 19.3 Å². The molecule has 1 saturated heterocycles. The van der Waals surface area contributed by atoms with Crippen molar-refractivity contribution in [3.05, 3.63) is 90.1 Å². The molecule has 2 aromatic carbocycles. The number of amides is 2. The van der Waals surface area contributed by atoms with Gasteiger partial charge in [0.1, 0.15) is 6.04 Å². The summed E-state index contributed by atoms with van der Waals surface area (Å²) in [6, 6.07) is 22.2. The number of aliphatic hydroxyl groups excluding tert-OH is 1. The molecule has 0 radical (unpaired) electrons. The first-order chi connectivity index (χ1) is 17.0. The number of pyridine rings is 1. The second kappa shape index (κ2) is 11.7. The molecule has 3 atom stereocenters. The molecule has 2 heterocycles. The first-order valence-corrected chi connectivity index (χ1v) is 11.8. The van der Waals surface area contributed by atoms with Gasteiger partial charge in [0.25, 0.3) is 5.91 Å². The lowest BCUT2D eigenvalue weighted by molar-refractivity contribution is -0.138. The summed E-state index contributed by atoms with van der Waals surface area (Å²) in [6.07, 6.45) is 2.18. The van der Waals surface area contributed by atoms with E-state index in [-0.39, 0.29) is 24.9 Å². The quantitative estimate of drug-likeness (QED) is 0.333. The minimum Gasteiger partial charge on any atom is -0.390 e. The van der Waals surface area contributed by atoms with Gasteiger partial charge in [-0.3, -0.25) is 19.6 Å². The fourth-order valence-corrected chi connectivity index (χ4v) is 4.07. The lowest BCUT2D eigenvalue weighted by atomic mass is 10.0. The maximum Gasteiger partial charge on any atom is 0.259 e. The normalized spacial score (nSPS) is 17.0. The first-order valence-electron chi connectivity index (χ1n) is 11.8. The Morgan fingerprint density at radius 2 is 1.83 bits per heavy atom. The van der Waals surface area contributed by atoms with Gasteiger partial charge in [0.15, 0.2) is 0 Å². The predicted molar refractivity (Wildman–Crippen MR) is 134 cm³/mol. The van der Waals surface area contributed by atoms with Gasteiger partial charge in [0.2, 0.25) is 5.91 Å². The number of rotatable bonds is 10. The number of hydrazine groups is 1. The van der Waals surface area contributed by atoms with Crippen LogP contribution in [0.3, 0.4) is 0 Å². The Labute approximate surface area is 205 Å². The molecule has 4 rings (SSSR count). The van der Waals surface area contributed by atoms with Crippen LogP contribution in [0, 0.1) is 0 Å². The van der Waals surface area contributed by atoms with Crippen molar-refractivity contribution in [1.29, 1.82) is 0 Å². The van der Waals surface area contributed by atoms with Crippen LogP contribution in [0.2, 0.25) is 0 Å². The van der Waals surface area contributed by atoms with Gasteiger partial charge >= 0.3 is 0 Å². The maximum absolute atomic E-state index is 13.2. The summed E-state index contributed by atoms with van der Waals surface area (Å²) in [7, 11) is 0. The molecule has 3 aromatic rings. The Hall–Kier alpha value is -3.59. The van der Waals surface area contributed by atoms with E-state index >= 15 is 0 Å². The molecule has 2 amide bonds. The van der Waals surface area contributed by atoms with Crippen LogP contribution < -0.4 is 16.5 Å². The van der Waals surface area contributed by atoms with Gasteiger partial charge in [0, 0.05) is 30.8 Å². The standard InChI is InChI=1S/C27H31N5O3/c28-22(16-19-6-2-1-3-7-19)25(33)17-30-32(27(35)24-13-14-26(34)31-24)18-20-9-11-21(12-10-20)23-8-4-5-15-29-23/h1-12,15,22,24-25,30,33H,13-14,16-18,28H2,(H,31,34)/t22-,24-,25-/m0/s1. The molecule has 8 nitrogen and oxygen atoms in total. The zero-order chi connectivity index (χ0) is 24.6. The largest absolute Gasteiger partial charge is 0.390 e. The Morgan fingerprint density at radius 3 is 2.49 bits per heavy atom. The number of carbonyl (C=O) groups is 2. The summed E-state index contributed by atoms with van der Waals surface area (Å²) in [4.78, 5) is 29.2. The van der Waals surface area contributed by atoms with E-state index in [4.69, 9.17) is 5.73 Å². The number of benzene rings is 2. The van der Waals surface area contributed by atoms with Gasteiger partial charge in [-0.1, -0.05) is 60.7 Å². The Kier molecular flexibility index (Phi) is 8.20. The SMILES string of the molecule is N[C@@H](Cc1ccccc1)[C@@H](O)CNN(Cc1ccc(-c2ccccn2)cc1)C(=O)[C@@H]1CCC(=O)N1. The molecule has 1 fully saturated rings. The van der Waals surface area contributed by atoms with Crippen LogP contribution >= 0.6 is 0 Å². The van der Waals surface area contributed by atoms with E-state index in [9.17, 15) is 14.7 Å². The summed E-state index contributed by atoms with van der Waals surface area (Å²) < 4.78 is 0. The Morgan fingerprint density at radius 1 is 1.09 bits per heavy atom. The number of nitrogens with two attached hydrogens (primary N) is 1. The van der Waals surface area contributed by atoms with Crippen molar-refractivity contribution >= 4 is 11.8 Å². The molecular formula is C27H31N5O3. The highest BCUT2D eigenvalue weighted by atomic mass is 16.3. The highest BCUT2D eigenvalue weighted by molar-refractivity contribution is 5.90. The van der Waals surface area contributed by atoms with Gasteiger partial charge in [-0.25, -0.2) is 5.43 Å². The van der Waals surface area contributed by atoms with Gasteiger partial charge in [-0.2, -0.15) is 0 Å². The maximum atomic E-state index is 13.2. The van der Waals surface area contributed by atoms with E-state index in [1.54, 1.807) is 6.20 Å². The zero-order valence-electron chi connectivity index (χ0n) is 19.5. The molecule has 5 N–H and O–H groups in total. The Balaban J connectivity index is 1.42. The Bertz CT molecular complexity index is 1110. The first kappa shape index (κ1) is 24.5. The lowest BCUT2D eigenvalue weighted by Gasteiger charge is -2.29. The summed E-state index contributed by atoms with van der Waals surface area (Å²) in [6.45, 7) is 0.376. The molecule has 1 aliphatic heterocycles. The fraction of sp³-hybridized carbons (Fsp3) is 0.296. The van der Waals surface area contributed by atoms with Crippen LogP contribution in [-0.4, -0.2) is 51.6 Å². The van der Waals surface area contributed by atoms with Crippen LogP contribution in [0.15, 0.2) is 79.0 Å². The summed E-state index contributed by atoms with van der Waals surface area (Å²) in [5.41, 5.74) is 13.1. The summed E-state index contributed by atoms with van der Waals surface area (Å²) >= 11 is 0. The number of nitrogens with one attached hydrogen (secondary N) is 2. The molecule has 1 aromatic heterocycles. The smallest absolute Gasteiger partial charge is 0.259 e. The second-order valence-corrected chi connectivity index (χ2v) is 8.78. The van der Waals surface area contributed by atoms with Gasteiger partial charge < -0.3 is 16.2 Å². The molecule has 0 spiro atoms. The molecule has 0 saturated carbocycles. The van der Waals surface area contributed by atoms with E-state index in [2.05, 4.69) is 15.7 Å². The van der Waals surface area contributed by atoms with Crippen molar-refractivity contribution in [2.45, 2.75) is 44.0 Å². The monoisotopic (exact) mass is 473 g/mol. The van der Waals surface area contributed by atoms with Gasteiger partial charge in [-0.15, -0.1) is 0 Å². The van der Waals surface area contributed by atoms with Crippen LogP contribution in [0.4, 0.5) is 0 Å². The van der Waals surface area contributed by atoms with Crippen LogP contribution in [-0.2, 0) is 22.6 Å². The number of aliphatic hydroxyl groups is 1. The number of hydrogen-bond donors (Lipinski definition) is 4. The number of nitrogens with zero attached hydrogens (tertiary/aromatic N) is 2. The summed E-state index contributed by atoms with van der Waals surface area (Å²) in [5, 5.41) is 14.8. The topological polar surface area (TPSA) is 121 Å². The third kappa shape index (κ3) is 6.73. The van der Waals surface area contributed by atoms with Gasteiger partial charge in [-0.05, 0) is 36.1 Å². The lowest BCUT2D eigenvalue weighted by Crippen LogP contribution is -2.54. The van der Waals surface area contributed by atoms with E-state index < -0.39 is 18.2 Å². The second-order valence-electron chi connectivity index (χ2n) is 8.78. The third-order valence-electron chi connectivity index (χ3n) is 6.11. The van der Waals surface area contributed by atoms with Crippen LogP contribution in [0.25, 0.3) is 11.3 Å². The van der Waals surface area contributed by atoms with E-state index in [1.807, 2.05) is 72.8 Å². The molecule has 0 aliphatic carbocycles. The molecule has 0 bridgehead atoms. The highest BCUT2D eigenvalue weighted by Crippen LogP contribution is 2.18. The minimum absolute atomic E-state index is 0.104. The molecular weight excluding hydrogens is 442 g/mol. The van der Waals surface area contributed by atoms with E-state index in [1.165, 1.54) is 5.01 Å². The fourth-order valence-electron chi connectivity index (χ4n) is 4.07. The van der Waals surface area contributed by atoms with Crippen molar-refractivity contribution in [2.75, 3.05) is 6.54 Å². The average molecular weight is 474 g/mol.